The average Bonchev–Trinajstić information content (AvgIpc) is 3.45. The molecule has 3 aromatic heterocycles. The van der Waals surface area contributed by atoms with Gasteiger partial charge < -0.3 is 14.7 Å². The molecule has 0 aliphatic carbocycles. The Morgan fingerprint density at radius 1 is 1.03 bits per heavy atom. The molecule has 6 heteroatoms. The summed E-state index contributed by atoms with van der Waals surface area (Å²) in [5, 5.41) is 4.50. The number of aliphatic imine (C=N–C) groups is 2. The zero-order valence-electron chi connectivity index (χ0n) is 16.9. The number of hydrogen-bond donors (Lipinski definition) is 2. The summed E-state index contributed by atoms with van der Waals surface area (Å²) < 4.78 is 5.31. The molecular formula is C25H21N5O. The summed E-state index contributed by atoms with van der Waals surface area (Å²) >= 11 is 0. The van der Waals surface area contributed by atoms with Crippen LogP contribution < -0.4 is 5.32 Å². The molecule has 0 fully saturated rings. The van der Waals surface area contributed by atoms with Crippen LogP contribution in [0, 0.1) is 0 Å². The molecule has 0 saturated heterocycles. The second-order valence-electron chi connectivity index (χ2n) is 7.80. The Balaban J connectivity index is 1.49. The van der Waals surface area contributed by atoms with Crippen LogP contribution in [0.1, 0.15) is 28.9 Å². The highest BCUT2D eigenvalue weighted by atomic mass is 16.3. The van der Waals surface area contributed by atoms with Crippen molar-refractivity contribution in [2.45, 2.75) is 13.0 Å². The van der Waals surface area contributed by atoms with Gasteiger partial charge in [0.25, 0.3) is 0 Å². The van der Waals surface area contributed by atoms with Crippen molar-refractivity contribution in [2.24, 2.45) is 9.98 Å². The largest absolute Gasteiger partial charge is 0.472 e. The summed E-state index contributed by atoms with van der Waals surface area (Å²) in [6.07, 6.45) is 10.3. The van der Waals surface area contributed by atoms with Gasteiger partial charge in [0.1, 0.15) is 6.34 Å². The third-order valence-electron chi connectivity index (χ3n) is 5.92. The Labute approximate surface area is 179 Å². The van der Waals surface area contributed by atoms with E-state index in [1.807, 2.05) is 12.3 Å². The van der Waals surface area contributed by atoms with Crippen LogP contribution in [0.25, 0.3) is 27.6 Å². The van der Waals surface area contributed by atoms with E-state index < -0.39 is 0 Å². The fourth-order valence-electron chi connectivity index (χ4n) is 4.35. The molecule has 0 atom stereocenters. The molecule has 6 rings (SSSR count). The Morgan fingerprint density at radius 3 is 2.90 bits per heavy atom. The van der Waals surface area contributed by atoms with Gasteiger partial charge in [0.15, 0.2) is 0 Å². The predicted octanol–water partition coefficient (Wildman–Crippen LogP) is 4.58. The van der Waals surface area contributed by atoms with Crippen LogP contribution in [0.4, 0.5) is 0 Å². The molecule has 0 amide bonds. The molecule has 4 aromatic rings. The third-order valence-corrected chi connectivity index (χ3v) is 5.92. The van der Waals surface area contributed by atoms with E-state index in [1.54, 1.807) is 18.9 Å². The lowest BCUT2D eigenvalue weighted by molar-refractivity contribution is 0.568. The van der Waals surface area contributed by atoms with E-state index in [2.05, 4.69) is 51.7 Å². The highest BCUT2D eigenvalue weighted by Crippen LogP contribution is 2.31. The van der Waals surface area contributed by atoms with E-state index in [-0.39, 0.29) is 0 Å². The number of furan rings is 1. The van der Waals surface area contributed by atoms with Crippen LogP contribution in [0.15, 0.2) is 75.6 Å². The fourth-order valence-corrected chi connectivity index (χ4v) is 4.35. The van der Waals surface area contributed by atoms with E-state index in [1.165, 1.54) is 5.57 Å². The van der Waals surface area contributed by atoms with E-state index in [4.69, 9.17) is 14.4 Å². The second-order valence-corrected chi connectivity index (χ2v) is 7.80. The first-order valence-corrected chi connectivity index (χ1v) is 10.5. The number of benzene rings is 1. The van der Waals surface area contributed by atoms with Gasteiger partial charge in [-0.1, -0.05) is 18.2 Å². The molecular weight excluding hydrogens is 386 g/mol. The van der Waals surface area contributed by atoms with Crippen molar-refractivity contribution in [3.8, 4) is 11.1 Å². The molecule has 31 heavy (non-hydrogen) atoms. The molecule has 0 spiro atoms. The van der Waals surface area contributed by atoms with Gasteiger partial charge in [-0.15, -0.1) is 0 Å². The van der Waals surface area contributed by atoms with Gasteiger partial charge in [0.2, 0.25) is 0 Å². The smallest absolute Gasteiger partial charge is 0.111 e. The zero-order chi connectivity index (χ0) is 20.6. The average molecular weight is 407 g/mol. The molecule has 2 aliphatic rings. The number of aromatic amines is 1. The minimum atomic E-state index is 0.531. The Kier molecular flexibility index (Phi) is 4.35. The van der Waals surface area contributed by atoms with Crippen LogP contribution in [0.3, 0.4) is 0 Å². The van der Waals surface area contributed by atoms with Crippen LogP contribution in [0.2, 0.25) is 0 Å². The van der Waals surface area contributed by atoms with E-state index in [0.717, 1.165) is 69.8 Å². The molecule has 5 heterocycles. The van der Waals surface area contributed by atoms with Crippen LogP contribution in [0.5, 0.6) is 0 Å². The van der Waals surface area contributed by atoms with Gasteiger partial charge in [0.05, 0.1) is 36.2 Å². The van der Waals surface area contributed by atoms with Gasteiger partial charge in [-0.2, -0.15) is 0 Å². The summed E-state index contributed by atoms with van der Waals surface area (Å²) in [5.41, 5.74) is 9.54. The Hall–Kier alpha value is -3.77. The first-order valence-electron chi connectivity index (χ1n) is 10.5. The van der Waals surface area contributed by atoms with Crippen molar-refractivity contribution in [3.63, 3.8) is 0 Å². The first-order chi connectivity index (χ1) is 15.4. The maximum atomic E-state index is 5.31. The third kappa shape index (κ3) is 3.21. The highest BCUT2D eigenvalue weighted by Gasteiger charge is 2.19. The number of nitrogens with zero attached hydrogens (tertiary/aromatic N) is 3. The summed E-state index contributed by atoms with van der Waals surface area (Å²) in [6.45, 7) is 2.42. The molecule has 2 aliphatic heterocycles. The van der Waals surface area contributed by atoms with E-state index in [9.17, 15) is 0 Å². The van der Waals surface area contributed by atoms with Gasteiger partial charge in [0, 0.05) is 34.8 Å². The van der Waals surface area contributed by atoms with Crippen molar-refractivity contribution in [2.75, 3.05) is 13.1 Å². The van der Waals surface area contributed by atoms with Gasteiger partial charge in [-0.25, -0.2) is 4.99 Å². The standard InChI is InChI=1S/C25H21N5O/c1-2-19(17-6-9-31-14-17)20-11-23(30-22(20)3-1)25-21-10-18(16-4-7-26-8-5-16)12-28-24(21)13-27-15-29-25/h1-4,6,9-12,14-15,26,30H,5,7-8,13H2. The second kappa shape index (κ2) is 7.49. The molecule has 0 bridgehead atoms. The SMILES string of the molecule is C1=NCc2ncc(C3=CCNCC3)cc2C(c2cc3c(-c4ccoc4)cccc3[nH]2)=N1. The fraction of sp³-hybridized carbons (Fsp3) is 0.160. The van der Waals surface area contributed by atoms with Crippen molar-refractivity contribution in [1.29, 1.82) is 0 Å². The molecule has 0 saturated carbocycles. The van der Waals surface area contributed by atoms with Crippen LogP contribution >= 0.6 is 0 Å². The van der Waals surface area contributed by atoms with E-state index >= 15 is 0 Å². The minimum absolute atomic E-state index is 0.531. The monoisotopic (exact) mass is 407 g/mol. The number of rotatable bonds is 3. The number of fused-ring (bicyclic) bond motifs is 2. The quantitative estimate of drug-likeness (QED) is 0.522. The molecule has 0 radical (unpaired) electrons. The Morgan fingerprint density at radius 2 is 2.03 bits per heavy atom. The summed E-state index contributed by atoms with van der Waals surface area (Å²) in [6, 6.07) is 12.6. The van der Waals surface area contributed by atoms with Crippen molar-refractivity contribution >= 4 is 28.5 Å². The summed E-state index contributed by atoms with van der Waals surface area (Å²) in [7, 11) is 0. The number of nitrogens with one attached hydrogen (secondary N) is 2. The number of pyridine rings is 1. The molecule has 152 valence electrons. The lowest BCUT2D eigenvalue weighted by atomic mass is 9.96. The number of H-pyrrole nitrogens is 1. The van der Waals surface area contributed by atoms with Crippen molar-refractivity contribution in [3.05, 3.63) is 83.7 Å². The van der Waals surface area contributed by atoms with Gasteiger partial charge in [-0.3, -0.25) is 9.98 Å². The summed E-state index contributed by atoms with van der Waals surface area (Å²) in [4.78, 5) is 17.4. The van der Waals surface area contributed by atoms with Crippen molar-refractivity contribution in [1.82, 2.24) is 15.3 Å². The molecule has 2 N–H and O–H groups in total. The minimum Gasteiger partial charge on any atom is -0.472 e. The van der Waals surface area contributed by atoms with Crippen LogP contribution in [-0.4, -0.2) is 35.1 Å². The van der Waals surface area contributed by atoms with E-state index in [0.29, 0.717) is 6.54 Å². The zero-order valence-corrected chi connectivity index (χ0v) is 16.9. The lowest BCUT2D eigenvalue weighted by Gasteiger charge is -2.16. The van der Waals surface area contributed by atoms with Crippen LogP contribution in [-0.2, 0) is 6.54 Å². The number of hydrogen-bond acceptors (Lipinski definition) is 5. The van der Waals surface area contributed by atoms with Gasteiger partial charge >= 0.3 is 0 Å². The maximum Gasteiger partial charge on any atom is 0.111 e. The number of aromatic nitrogens is 2. The van der Waals surface area contributed by atoms with Crippen molar-refractivity contribution < 1.29 is 4.42 Å². The maximum absolute atomic E-state index is 5.31. The topological polar surface area (TPSA) is 78.6 Å². The molecule has 0 unspecified atom stereocenters. The molecule has 6 nitrogen and oxygen atoms in total. The Bertz CT molecular complexity index is 1360. The van der Waals surface area contributed by atoms with Gasteiger partial charge in [-0.05, 0) is 53.9 Å². The summed E-state index contributed by atoms with van der Waals surface area (Å²) in [5.74, 6) is 0. The lowest BCUT2D eigenvalue weighted by Crippen LogP contribution is -2.20. The first kappa shape index (κ1) is 18.0. The normalized spacial score (nSPS) is 16.0. The predicted molar refractivity (Wildman–Crippen MR) is 124 cm³/mol. The molecule has 1 aromatic carbocycles. The highest BCUT2D eigenvalue weighted by molar-refractivity contribution is 6.17.